The van der Waals surface area contributed by atoms with Gasteiger partial charge in [-0.2, -0.15) is 0 Å². The molecule has 1 heterocycles. The molecular formula is C21H27N3O5S. The zero-order chi connectivity index (χ0) is 21.7. The van der Waals surface area contributed by atoms with E-state index in [1.54, 1.807) is 24.3 Å². The number of anilines is 1. The summed E-state index contributed by atoms with van der Waals surface area (Å²) in [5.41, 5.74) is 3.60. The lowest BCUT2D eigenvalue weighted by molar-refractivity contribution is 0.172. The maximum absolute atomic E-state index is 11.5. The number of aromatic nitrogens is 1. The smallest absolute Gasteiger partial charge is 0.229 e. The second-order valence-electron chi connectivity index (χ2n) is 7.12. The lowest BCUT2D eigenvalue weighted by atomic mass is 10.1. The predicted octanol–water partition coefficient (Wildman–Crippen LogP) is 2.04. The van der Waals surface area contributed by atoms with E-state index in [4.69, 9.17) is 4.74 Å². The predicted molar refractivity (Wildman–Crippen MR) is 117 cm³/mol. The van der Waals surface area contributed by atoms with E-state index in [-0.39, 0.29) is 13.2 Å². The molecule has 0 unspecified atom stereocenters. The van der Waals surface area contributed by atoms with Crippen molar-refractivity contribution in [1.82, 2.24) is 10.3 Å². The number of ether oxygens (including phenoxy) is 1. The number of aryl methyl sites for hydroxylation is 1. The van der Waals surface area contributed by atoms with Crippen molar-refractivity contribution >= 4 is 26.6 Å². The van der Waals surface area contributed by atoms with Gasteiger partial charge in [-0.15, -0.1) is 0 Å². The van der Waals surface area contributed by atoms with Crippen molar-refractivity contribution in [3.05, 3.63) is 59.3 Å². The van der Waals surface area contributed by atoms with Gasteiger partial charge in [-0.05, 0) is 25.1 Å². The number of aromatic amines is 1. The van der Waals surface area contributed by atoms with Gasteiger partial charge in [0.2, 0.25) is 10.0 Å². The molecule has 0 aliphatic rings. The largest absolute Gasteiger partial charge is 0.492 e. The normalized spacial score (nSPS) is 12.8. The fraction of sp³-hybridized carbons (Fsp3) is 0.333. The third-order valence-corrected chi connectivity index (χ3v) is 5.34. The van der Waals surface area contributed by atoms with Gasteiger partial charge in [0.1, 0.15) is 12.4 Å². The van der Waals surface area contributed by atoms with Crippen LogP contribution in [0.3, 0.4) is 0 Å². The fourth-order valence-corrected chi connectivity index (χ4v) is 3.92. The number of sulfonamides is 1. The Kier molecular flexibility index (Phi) is 6.99. The van der Waals surface area contributed by atoms with Gasteiger partial charge in [0, 0.05) is 46.9 Å². The fourth-order valence-electron chi connectivity index (χ4n) is 3.33. The summed E-state index contributed by atoms with van der Waals surface area (Å²) >= 11 is 0. The van der Waals surface area contributed by atoms with Gasteiger partial charge in [0.15, 0.2) is 0 Å². The molecule has 1 aromatic heterocycles. The molecule has 8 nitrogen and oxygen atoms in total. The highest BCUT2D eigenvalue weighted by molar-refractivity contribution is 7.92. The standard InChI is InChI=1S/C21H27N3O5S/c1-14-18(13-25)16-8-7-15(11-20(16)23-14)29-10-9-22-12-21(26)17-5-3-4-6-19(17)24-30(2,27)28/h3-8,11,21-26H,9-10,12-13H2,1-2H3/t21-/m0/s1. The number of hydrogen-bond acceptors (Lipinski definition) is 6. The summed E-state index contributed by atoms with van der Waals surface area (Å²) in [6.07, 6.45) is 0.202. The summed E-state index contributed by atoms with van der Waals surface area (Å²) in [6.45, 7) is 3.06. The van der Waals surface area contributed by atoms with Crippen molar-refractivity contribution in [2.45, 2.75) is 19.6 Å². The molecule has 3 rings (SSSR count). The number of rotatable bonds is 10. The van der Waals surface area contributed by atoms with E-state index < -0.39 is 16.1 Å². The molecule has 30 heavy (non-hydrogen) atoms. The molecule has 0 amide bonds. The zero-order valence-corrected chi connectivity index (χ0v) is 17.8. The Bertz CT molecular complexity index is 1110. The highest BCUT2D eigenvalue weighted by atomic mass is 32.2. The van der Waals surface area contributed by atoms with E-state index in [0.29, 0.717) is 30.2 Å². The lowest BCUT2D eigenvalue weighted by Gasteiger charge is -2.17. The average molecular weight is 434 g/mol. The summed E-state index contributed by atoms with van der Waals surface area (Å²) in [6, 6.07) is 12.4. The third-order valence-electron chi connectivity index (χ3n) is 4.75. The highest BCUT2D eigenvalue weighted by Gasteiger charge is 2.14. The number of aliphatic hydroxyl groups excluding tert-OH is 2. The topological polar surface area (TPSA) is 124 Å². The van der Waals surface area contributed by atoms with Gasteiger partial charge in [-0.25, -0.2) is 8.42 Å². The molecule has 0 saturated carbocycles. The molecule has 9 heteroatoms. The van der Waals surface area contributed by atoms with Crippen LogP contribution in [0.1, 0.15) is 22.9 Å². The summed E-state index contributed by atoms with van der Waals surface area (Å²) in [5, 5.41) is 24.0. The van der Waals surface area contributed by atoms with Crippen LogP contribution in [0.2, 0.25) is 0 Å². The van der Waals surface area contributed by atoms with Gasteiger partial charge >= 0.3 is 0 Å². The van der Waals surface area contributed by atoms with Gasteiger partial charge in [-0.1, -0.05) is 18.2 Å². The van der Waals surface area contributed by atoms with Gasteiger partial charge < -0.3 is 25.3 Å². The zero-order valence-electron chi connectivity index (χ0n) is 17.0. The Morgan fingerprint density at radius 1 is 1.20 bits per heavy atom. The number of nitrogens with one attached hydrogen (secondary N) is 3. The number of fused-ring (bicyclic) bond motifs is 1. The summed E-state index contributed by atoms with van der Waals surface area (Å²) in [5.74, 6) is 0.707. The van der Waals surface area contributed by atoms with Crippen LogP contribution in [0.5, 0.6) is 5.75 Å². The Labute approximate surface area is 175 Å². The minimum Gasteiger partial charge on any atom is -0.492 e. The first kappa shape index (κ1) is 22.1. The first-order chi connectivity index (χ1) is 14.3. The van der Waals surface area contributed by atoms with Crippen molar-refractivity contribution in [2.24, 2.45) is 0 Å². The Morgan fingerprint density at radius 3 is 2.70 bits per heavy atom. The number of benzene rings is 2. The lowest BCUT2D eigenvalue weighted by Crippen LogP contribution is -2.26. The number of aliphatic hydroxyl groups is 2. The SMILES string of the molecule is Cc1[nH]c2cc(OCCNC[C@H](O)c3ccccc3NS(C)(=O)=O)ccc2c1CO. The summed E-state index contributed by atoms with van der Waals surface area (Å²) in [4.78, 5) is 3.24. The van der Waals surface area contributed by atoms with Crippen LogP contribution in [0.25, 0.3) is 10.9 Å². The van der Waals surface area contributed by atoms with Crippen LogP contribution in [0.15, 0.2) is 42.5 Å². The second-order valence-corrected chi connectivity index (χ2v) is 8.87. The monoisotopic (exact) mass is 433 g/mol. The molecule has 0 aliphatic heterocycles. The van der Waals surface area contributed by atoms with Crippen molar-refractivity contribution in [1.29, 1.82) is 0 Å². The quantitative estimate of drug-likeness (QED) is 0.312. The van der Waals surface area contributed by atoms with Crippen molar-refractivity contribution in [3.8, 4) is 5.75 Å². The van der Waals surface area contributed by atoms with Crippen LogP contribution in [-0.2, 0) is 16.6 Å². The molecule has 5 N–H and O–H groups in total. The first-order valence-corrected chi connectivity index (χ1v) is 11.5. The molecule has 0 fully saturated rings. The van der Waals surface area contributed by atoms with Gasteiger partial charge in [0.25, 0.3) is 0 Å². The van der Waals surface area contributed by atoms with E-state index in [1.807, 2.05) is 25.1 Å². The van der Waals surface area contributed by atoms with Gasteiger partial charge in [0.05, 0.1) is 24.7 Å². The number of hydrogen-bond donors (Lipinski definition) is 5. The summed E-state index contributed by atoms with van der Waals surface area (Å²) in [7, 11) is -3.43. The van der Waals surface area contributed by atoms with Crippen molar-refractivity contribution in [3.63, 3.8) is 0 Å². The minimum absolute atomic E-state index is 0.0128. The molecule has 0 aliphatic carbocycles. The molecule has 3 aromatic rings. The molecule has 1 atom stereocenters. The maximum Gasteiger partial charge on any atom is 0.229 e. The number of para-hydroxylation sites is 1. The van der Waals surface area contributed by atoms with E-state index in [2.05, 4.69) is 15.0 Å². The highest BCUT2D eigenvalue weighted by Crippen LogP contribution is 2.26. The maximum atomic E-state index is 11.5. The average Bonchev–Trinajstić information content (AvgIpc) is 3.00. The molecule has 0 bridgehead atoms. The van der Waals surface area contributed by atoms with E-state index >= 15 is 0 Å². The van der Waals surface area contributed by atoms with E-state index in [1.165, 1.54) is 0 Å². The Hall–Kier alpha value is -2.59. The van der Waals surface area contributed by atoms with Crippen LogP contribution >= 0.6 is 0 Å². The van der Waals surface area contributed by atoms with Crippen LogP contribution in [0, 0.1) is 6.92 Å². The second kappa shape index (κ2) is 9.48. The number of H-pyrrole nitrogens is 1. The van der Waals surface area contributed by atoms with Crippen molar-refractivity contribution in [2.75, 3.05) is 30.7 Å². The van der Waals surface area contributed by atoms with Crippen molar-refractivity contribution < 1.29 is 23.4 Å². The molecular weight excluding hydrogens is 406 g/mol. The summed E-state index contributed by atoms with van der Waals surface area (Å²) < 4.78 is 31.2. The van der Waals surface area contributed by atoms with Gasteiger partial charge in [-0.3, -0.25) is 4.72 Å². The minimum atomic E-state index is -3.43. The third kappa shape index (κ3) is 5.51. The van der Waals surface area contributed by atoms with Crippen LogP contribution < -0.4 is 14.8 Å². The van der Waals surface area contributed by atoms with E-state index in [9.17, 15) is 18.6 Å². The first-order valence-electron chi connectivity index (χ1n) is 9.59. The Morgan fingerprint density at radius 2 is 1.97 bits per heavy atom. The Balaban J connectivity index is 1.50. The molecule has 0 saturated heterocycles. The molecule has 2 aromatic carbocycles. The molecule has 0 spiro atoms. The van der Waals surface area contributed by atoms with Crippen LogP contribution in [0.4, 0.5) is 5.69 Å². The molecule has 162 valence electrons. The van der Waals surface area contributed by atoms with Crippen LogP contribution in [-0.4, -0.2) is 49.6 Å². The van der Waals surface area contributed by atoms with E-state index in [0.717, 1.165) is 28.4 Å². The molecule has 0 radical (unpaired) electrons.